The quantitative estimate of drug-likeness (QED) is 0.533. The SMILES string of the molecule is C=COC(C)CC(S(=O)(=O)C(F)(F)F)S(=O)(=O)C(F)(F)F. The molecule has 13 heteroatoms. The summed E-state index contributed by atoms with van der Waals surface area (Å²) in [5.74, 6) is 0. The minimum absolute atomic E-state index is 0.627. The summed E-state index contributed by atoms with van der Waals surface area (Å²) in [6.45, 7) is 3.86. The molecule has 126 valence electrons. The Morgan fingerprint density at radius 1 is 1.00 bits per heavy atom. The van der Waals surface area contributed by atoms with Crippen molar-refractivity contribution in [1.82, 2.24) is 0 Å². The lowest BCUT2D eigenvalue weighted by atomic mass is 10.3. The molecule has 0 aliphatic rings. The van der Waals surface area contributed by atoms with Crippen LogP contribution in [0.2, 0.25) is 0 Å². The average Bonchev–Trinajstić information content (AvgIpc) is 2.22. The number of ether oxygens (including phenoxy) is 1. The van der Waals surface area contributed by atoms with Crippen LogP contribution in [0.4, 0.5) is 26.3 Å². The molecule has 0 radical (unpaired) electrons. The topological polar surface area (TPSA) is 77.5 Å². The third kappa shape index (κ3) is 4.25. The van der Waals surface area contributed by atoms with E-state index in [4.69, 9.17) is 0 Å². The van der Waals surface area contributed by atoms with Crippen molar-refractivity contribution < 1.29 is 47.9 Å². The van der Waals surface area contributed by atoms with Gasteiger partial charge in [-0.25, -0.2) is 16.8 Å². The molecule has 1 atom stereocenters. The zero-order chi connectivity index (χ0) is 17.3. The summed E-state index contributed by atoms with van der Waals surface area (Å²) in [4.78, 5) is 0. The maximum atomic E-state index is 12.4. The van der Waals surface area contributed by atoms with Gasteiger partial charge in [-0.2, -0.15) is 26.3 Å². The van der Waals surface area contributed by atoms with E-state index in [0.717, 1.165) is 6.92 Å². The van der Waals surface area contributed by atoms with Crippen molar-refractivity contribution in [2.45, 2.75) is 35.0 Å². The molecule has 0 heterocycles. The van der Waals surface area contributed by atoms with Gasteiger partial charge in [0.25, 0.3) is 19.7 Å². The smallest absolute Gasteiger partial charge is 0.498 e. The van der Waals surface area contributed by atoms with Crippen LogP contribution in [0, 0.1) is 0 Å². The molecule has 0 fully saturated rings. The summed E-state index contributed by atoms with van der Waals surface area (Å²) in [5, 5.41) is 0. The molecule has 0 aromatic carbocycles. The molecule has 0 spiro atoms. The summed E-state index contributed by atoms with van der Waals surface area (Å²) in [6.07, 6.45) is -2.49. The second-order valence-corrected chi connectivity index (χ2v) is 8.30. The summed E-state index contributed by atoms with van der Waals surface area (Å²) in [6, 6.07) is 0. The first-order valence-electron chi connectivity index (χ1n) is 4.95. The lowest BCUT2D eigenvalue weighted by Gasteiger charge is -2.23. The third-order valence-electron chi connectivity index (χ3n) is 2.19. The van der Waals surface area contributed by atoms with Crippen LogP contribution in [0.25, 0.3) is 0 Å². The molecule has 1 unspecified atom stereocenters. The van der Waals surface area contributed by atoms with Gasteiger partial charge in [0, 0.05) is 6.42 Å². The molecule has 0 aromatic rings. The molecule has 5 nitrogen and oxygen atoms in total. The first kappa shape index (κ1) is 20.0. The molecule has 0 N–H and O–H groups in total. The van der Waals surface area contributed by atoms with Gasteiger partial charge in [-0.15, -0.1) is 0 Å². The van der Waals surface area contributed by atoms with E-state index >= 15 is 0 Å². The molecular formula is C8H10F6O5S2. The predicted octanol–water partition coefficient (Wildman–Crippen LogP) is 2.12. The second kappa shape index (κ2) is 6.02. The molecule has 0 aliphatic carbocycles. The minimum Gasteiger partial charge on any atom is -0.499 e. The van der Waals surface area contributed by atoms with E-state index in [1.165, 1.54) is 0 Å². The second-order valence-electron chi connectivity index (χ2n) is 3.76. The summed E-state index contributed by atoms with van der Waals surface area (Å²) in [5.41, 5.74) is -12.3. The maximum absolute atomic E-state index is 12.4. The van der Waals surface area contributed by atoms with Gasteiger partial charge in [-0.3, -0.25) is 0 Å². The third-order valence-corrected chi connectivity index (χ3v) is 6.77. The van der Waals surface area contributed by atoms with E-state index in [1.54, 1.807) is 0 Å². The highest BCUT2D eigenvalue weighted by atomic mass is 32.3. The first-order chi connectivity index (χ1) is 9.09. The molecule has 0 bridgehead atoms. The van der Waals surface area contributed by atoms with Gasteiger partial charge in [0.15, 0.2) is 4.58 Å². The Balaban J connectivity index is 6.02. The van der Waals surface area contributed by atoms with Crippen LogP contribution in [0.15, 0.2) is 12.8 Å². The molecule has 0 aliphatic heterocycles. The van der Waals surface area contributed by atoms with Gasteiger partial charge in [0.05, 0.1) is 12.4 Å². The van der Waals surface area contributed by atoms with E-state index in [9.17, 15) is 43.2 Å². The fourth-order valence-electron chi connectivity index (χ4n) is 1.21. The average molecular weight is 364 g/mol. The van der Waals surface area contributed by atoms with E-state index in [-0.39, 0.29) is 0 Å². The van der Waals surface area contributed by atoms with Crippen molar-refractivity contribution in [3.63, 3.8) is 0 Å². The molecule has 0 aromatic heterocycles. The number of halogens is 6. The van der Waals surface area contributed by atoms with Gasteiger partial charge in [-0.1, -0.05) is 6.58 Å². The first-order valence-corrected chi connectivity index (χ1v) is 8.05. The van der Waals surface area contributed by atoms with Crippen molar-refractivity contribution in [3.8, 4) is 0 Å². The van der Waals surface area contributed by atoms with Crippen molar-refractivity contribution in [2.75, 3.05) is 0 Å². The number of rotatable bonds is 6. The fourth-order valence-corrected chi connectivity index (χ4v) is 4.84. The Bertz CT molecular complexity index is 529. The lowest BCUT2D eigenvalue weighted by Crippen LogP contribution is -2.46. The van der Waals surface area contributed by atoms with Gasteiger partial charge in [-0.05, 0) is 6.92 Å². The van der Waals surface area contributed by atoms with Crippen molar-refractivity contribution in [1.29, 1.82) is 0 Å². The van der Waals surface area contributed by atoms with Gasteiger partial charge in [0.1, 0.15) is 0 Å². The van der Waals surface area contributed by atoms with E-state index in [1.807, 2.05) is 0 Å². The number of hydrogen-bond acceptors (Lipinski definition) is 5. The molecule has 0 saturated carbocycles. The largest absolute Gasteiger partial charge is 0.499 e. The lowest BCUT2D eigenvalue weighted by molar-refractivity contribution is -0.0476. The van der Waals surface area contributed by atoms with E-state index in [0.29, 0.717) is 6.26 Å². The Morgan fingerprint density at radius 2 is 1.33 bits per heavy atom. The zero-order valence-corrected chi connectivity index (χ0v) is 11.9. The maximum Gasteiger partial charge on any atom is 0.498 e. The van der Waals surface area contributed by atoms with Crippen LogP contribution >= 0.6 is 0 Å². The van der Waals surface area contributed by atoms with E-state index < -0.39 is 47.8 Å². The Labute approximate surface area is 116 Å². The number of sulfone groups is 2. The zero-order valence-electron chi connectivity index (χ0n) is 10.3. The minimum atomic E-state index is -6.61. The Morgan fingerprint density at radius 3 is 1.57 bits per heavy atom. The molecular weight excluding hydrogens is 354 g/mol. The fraction of sp³-hybridized carbons (Fsp3) is 0.750. The number of alkyl halides is 6. The Kier molecular flexibility index (Phi) is 5.74. The monoisotopic (exact) mass is 364 g/mol. The summed E-state index contributed by atoms with van der Waals surface area (Å²) < 4.78 is 119. The van der Waals surface area contributed by atoms with Gasteiger partial charge in [0.2, 0.25) is 0 Å². The predicted molar refractivity (Wildman–Crippen MR) is 59.1 cm³/mol. The van der Waals surface area contributed by atoms with Gasteiger partial charge >= 0.3 is 11.0 Å². The normalized spacial score (nSPS) is 15.8. The summed E-state index contributed by atoms with van der Waals surface area (Å²) in [7, 11) is -13.2. The van der Waals surface area contributed by atoms with Crippen LogP contribution in [-0.2, 0) is 24.4 Å². The summed E-state index contributed by atoms with van der Waals surface area (Å²) >= 11 is 0. The highest BCUT2D eigenvalue weighted by Crippen LogP contribution is 2.38. The van der Waals surface area contributed by atoms with E-state index in [2.05, 4.69) is 11.3 Å². The van der Waals surface area contributed by atoms with Crippen LogP contribution in [0.1, 0.15) is 13.3 Å². The molecule has 21 heavy (non-hydrogen) atoms. The van der Waals surface area contributed by atoms with Crippen LogP contribution < -0.4 is 0 Å². The standard InChI is InChI=1S/C8H10F6O5S2/c1-3-19-5(2)4-6(20(15,16)7(9,10)11)21(17,18)8(12,13)14/h3,5-6H,1,4H2,2H3. The van der Waals surface area contributed by atoms with Crippen LogP contribution in [-0.4, -0.2) is 38.5 Å². The van der Waals surface area contributed by atoms with Crippen molar-refractivity contribution in [2.24, 2.45) is 0 Å². The molecule has 0 saturated heterocycles. The van der Waals surface area contributed by atoms with Crippen LogP contribution in [0.3, 0.4) is 0 Å². The van der Waals surface area contributed by atoms with Crippen molar-refractivity contribution >= 4 is 19.7 Å². The van der Waals surface area contributed by atoms with Crippen LogP contribution in [0.5, 0.6) is 0 Å². The molecule has 0 rings (SSSR count). The highest BCUT2D eigenvalue weighted by molar-refractivity contribution is 8.09. The van der Waals surface area contributed by atoms with Gasteiger partial charge < -0.3 is 4.74 Å². The van der Waals surface area contributed by atoms with Crippen molar-refractivity contribution in [3.05, 3.63) is 12.8 Å². The highest BCUT2D eigenvalue weighted by Gasteiger charge is 2.63. The number of hydrogen-bond donors (Lipinski definition) is 0. The molecule has 0 amide bonds. The Hall–Kier alpha value is -0.980.